The Morgan fingerprint density at radius 3 is 2.73 bits per heavy atom. The molecule has 0 aromatic rings. The molecule has 2 aliphatic carbocycles. The highest BCUT2D eigenvalue weighted by Gasteiger charge is 2.54. The van der Waals surface area contributed by atoms with Gasteiger partial charge in [-0.2, -0.15) is 0 Å². The van der Waals surface area contributed by atoms with Crippen molar-refractivity contribution in [3.8, 4) is 0 Å². The molecule has 3 heteroatoms. The molecule has 0 bridgehead atoms. The van der Waals surface area contributed by atoms with E-state index in [1.807, 2.05) is 0 Å². The van der Waals surface area contributed by atoms with Crippen LogP contribution in [0.4, 0.5) is 0 Å². The number of Topliss-reactive ketones (excluding diaryl/α,β-unsaturated/α-hetero) is 1. The number of carbonyl (C=O) groups is 1. The summed E-state index contributed by atoms with van der Waals surface area (Å²) in [6, 6.07) is 0. The first-order valence-electron chi connectivity index (χ1n) is 5.96. The fraction of sp³-hybridized carbons (Fsp3) is 0.917. The van der Waals surface area contributed by atoms with Gasteiger partial charge in [0.2, 0.25) is 0 Å². The lowest BCUT2D eigenvalue weighted by molar-refractivity contribution is -0.127. The van der Waals surface area contributed by atoms with Crippen molar-refractivity contribution in [1.29, 1.82) is 0 Å². The summed E-state index contributed by atoms with van der Waals surface area (Å²) in [6.45, 7) is 2.23. The number of carbonyl (C=O) groups excluding carboxylic acids is 1. The van der Waals surface area contributed by atoms with Gasteiger partial charge in [0.25, 0.3) is 0 Å². The zero-order valence-electron chi connectivity index (χ0n) is 9.25. The zero-order chi connectivity index (χ0) is 10.5. The van der Waals surface area contributed by atoms with Crippen molar-refractivity contribution < 1.29 is 4.79 Å². The second-order valence-electron chi connectivity index (χ2n) is 5.39. The van der Waals surface area contributed by atoms with Gasteiger partial charge in [0.15, 0.2) is 0 Å². The highest BCUT2D eigenvalue weighted by Crippen LogP contribution is 2.61. The molecule has 1 saturated heterocycles. The minimum Gasteiger partial charge on any atom is -0.299 e. The summed E-state index contributed by atoms with van der Waals surface area (Å²) < 4.78 is 0.509. The third-order valence-corrected chi connectivity index (χ3v) is 8.23. The number of hydrogen-bond donors (Lipinski definition) is 0. The van der Waals surface area contributed by atoms with E-state index in [-0.39, 0.29) is 5.41 Å². The molecule has 84 valence electrons. The molecule has 0 amide bonds. The maximum atomic E-state index is 11.9. The van der Waals surface area contributed by atoms with Crippen LogP contribution >= 0.6 is 23.5 Å². The van der Waals surface area contributed by atoms with Crippen LogP contribution in [0.3, 0.4) is 0 Å². The molecule has 2 saturated carbocycles. The molecule has 1 spiro atoms. The summed E-state index contributed by atoms with van der Waals surface area (Å²) in [5.74, 6) is 3.89. The Balaban J connectivity index is 1.82. The summed E-state index contributed by atoms with van der Waals surface area (Å²) in [6.07, 6.45) is 5.73. The quantitative estimate of drug-likeness (QED) is 0.648. The summed E-state index contributed by atoms with van der Waals surface area (Å²) in [5, 5.41) is 0. The van der Waals surface area contributed by atoms with Crippen molar-refractivity contribution in [2.45, 2.75) is 43.1 Å². The molecule has 0 N–H and O–H groups in total. The van der Waals surface area contributed by atoms with E-state index >= 15 is 0 Å². The van der Waals surface area contributed by atoms with Crippen LogP contribution in [0.1, 0.15) is 39.0 Å². The van der Waals surface area contributed by atoms with Crippen LogP contribution in [0, 0.1) is 11.3 Å². The maximum Gasteiger partial charge on any atom is 0.139 e. The Morgan fingerprint density at radius 2 is 2.00 bits per heavy atom. The Labute approximate surface area is 100 Å². The van der Waals surface area contributed by atoms with Gasteiger partial charge >= 0.3 is 0 Å². The van der Waals surface area contributed by atoms with Gasteiger partial charge in [-0.3, -0.25) is 4.79 Å². The molecule has 0 aromatic carbocycles. The van der Waals surface area contributed by atoms with Gasteiger partial charge in [-0.15, -0.1) is 23.5 Å². The molecule has 15 heavy (non-hydrogen) atoms. The molecular formula is C12H18OS2. The first-order valence-corrected chi connectivity index (χ1v) is 7.93. The van der Waals surface area contributed by atoms with E-state index in [0.29, 0.717) is 15.8 Å². The van der Waals surface area contributed by atoms with Gasteiger partial charge in [-0.05, 0) is 31.6 Å². The Hall–Kier alpha value is 0.370. The molecule has 2 atom stereocenters. The van der Waals surface area contributed by atoms with Crippen molar-refractivity contribution in [3.05, 3.63) is 0 Å². The molecule has 3 fully saturated rings. The molecule has 3 rings (SSSR count). The fourth-order valence-electron chi connectivity index (χ4n) is 3.49. The summed E-state index contributed by atoms with van der Waals surface area (Å²) in [4.78, 5) is 11.9. The maximum absolute atomic E-state index is 11.9. The van der Waals surface area contributed by atoms with Gasteiger partial charge < -0.3 is 0 Å². The Bertz CT molecular complexity index is 296. The molecule has 3 aliphatic rings. The van der Waals surface area contributed by atoms with Crippen LogP contribution in [-0.2, 0) is 4.79 Å². The van der Waals surface area contributed by atoms with Gasteiger partial charge in [0, 0.05) is 23.3 Å². The van der Waals surface area contributed by atoms with Crippen molar-refractivity contribution in [1.82, 2.24) is 0 Å². The topological polar surface area (TPSA) is 17.1 Å². The molecule has 1 heterocycles. The normalized spacial score (nSPS) is 43.5. The average Bonchev–Trinajstić information content (AvgIpc) is 2.78. The van der Waals surface area contributed by atoms with Crippen LogP contribution in [0.25, 0.3) is 0 Å². The van der Waals surface area contributed by atoms with Crippen molar-refractivity contribution in [2.24, 2.45) is 11.3 Å². The van der Waals surface area contributed by atoms with Crippen molar-refractivity contribution in [2.75, 3.05) is 11.5 Å². The van der Waals surface area contributed by atoms with E-state index in [4.69, 9.17) is 0 Å². The number of ketones is 1. The van der Waals surface area contributed by atoms with Gasteiger partial charge in [0.05, 0.1) is 4.08 Å². The predicted molar refractivity (Wildman–Crippen MR) is 67.3 cm³/mol. The monoisotopic (exact) mass is 242 g/mol. The van der Waals surface area contributed by atoms with Crippen LogP contribution in [0.2, 0.25) is 0 Å². The molecule has 0 radical (unpaired) electrons. The molecular weight excluding hydrogens is 224 g/mol. The third-order valence-electron chi connectivity index (χ3n) is 4.65. The standard InChI is InChI=1S/C12H18OS2/c1-11-4-5-12(14-6-7-15-12)8-9(11)2-3-10(11)13/h9H,2-8H2,1H3/t9-,11-/m0/s1. The van der Waals surface area contributed by atoms with Gasteiger partial charge in [-0.1, -0.05) is 6.92 Å². The van der Waals surface area contributed by atoms with Crippen molar-refractivity contribution >= 4 is 29.3 Å². The van der Waals surface area contributed by atoms with E-state index in [9.17, 15) is 4.79 Å². The average molecular weight is 242 g/mol. The van der Waals surface area contributed by atoms with E-state index in [2.05, 4.69) is 30.4 Å². The number of fused-ring (bicyclic) bond motifs is 1. The van der Waals surface area contributed by atoms with E-state index < -0.39 is 0 Å². The third kappa shape index (κ3) is 1.49. The summed E-state index contributed by atoms with van der Waals surface area (Å²) >= 11 is 4.33. The predicted octanol–water partition coefficient (Wildman–Crippen LogP) is 3.33. The van der Waals surface area contributed by atoms with E-state index in [1.54, 1.807) is 0 Å². The summed E-state index contributed by atoms with van der Waals surface area (Å²) in [7, 11) is 0. The minimum absolute atomic E-state index is 0.0644. The lowest BCUT2D eigenvalue weighted by atomic mass is 9.69. The number of rotatable bonds is 0. The Kier molecular flexibility index (Phi) is 2.40. The van der Waals surface area contributed by atoms with E-state index in [1.165, 1.54) is 24.3 Å². The first-order chi connectivity index (χ1) is 7.15. The van der Waals surface area contributed by atoms with Crippen LogP contribution in [0.5, 0.6) is 0 Å². The fourth-order valence-corrected chi connectivity index (χ4v) is 6.87. The summed E-state index contributed by atoms with van der Waals surface area (Å²) in [5.41, 5.74) is 0.0644. The number of hydrogen-bond acceptors (Lipinski definition) is 3. The second-order valence-corrected chi connectivity index (χ2v) is 8.60. The molecule has 1 nitrogen and oxygen atoms in total. The molecule has 0 aromatic heterocycles. The van der Waals surface area contributed by atoms with Crippen LogP contribution < -0.4 is 0 Å². The second kappa shape index (κ2) is 3.43. The highest BCUT2D eigenvalue weighted by molar-refractivity contribution is 8.21. The largest absolute Gasteiger partial charge is 0.299 e. The minimum atomic E-state index is 0.0644. The number of thioether (sulfide) groups is 2. The first kappa shape index (κ1) is 10.5. The van der Waals surface area contributed by atoms with E-state index in [0.717, 1.165) is 19.3 Å². The lowest BCUT2D eigenvalue weighted by Gasteiger charge is -2.43. The lowest BCUT2D eigenvalue weighted by Crippen LogP contribution is -2.40. The zero-order valence-corrected chi connectivity index (χ0v) is 10.9. The highest BCUT2D eigenvalue weighted by atomic mass is 32.2. The van der Waals surface area contributed by atoms with Crippen molar-refractivity contribution in [3.63, 3.8) is 0 Å². The molecule has 0 unspecified atom stereocenters. The van der Waals surface area contributed by atoms with Crippen LogP contribution in [-0.4, -0.2) is 21.4 Å². The van der Waals surface area contributed by atoms with Gasteiger partial charge in [-0.25, -0.2) is 0 Å². The van der Waals surface area contributed by atoms with Crippen LogP contribution in [0.15, 0.2) is 0 Å². The van der Waals surface area contributed by atoms with Gasteiger partial charge in [0.1, 0.15) is 5.78 Å². The SMILES string of the molecule is C[C@]12CCC3(C[C@@H]1CCC2=O)SCCS3. The Morgan fingerprint density at radius 1 is 1.27 bits per heavy atom. The molecule has 1 aliphatic heterocycles. The smallest absolute Gasteiger partial charge is 0.139 e.